The number of fused-ring (bicyclic) bond motifs is 1. The second-order valence-corrected chi connectivity index (χ2v) is 7.18. The predicted molar refractivity (Wildman–Crippen MR) is 88.3 cm³/mol. The topological polar surface area (TPSA) is 51.2 Å². The molecule has 0 radical (unpaired) electrons. The number of alkyl halides is 2. The quantitative estimate of drug-likeness (QED) is 0.685. The van der Waals surface area contributed by atoms with Crippen molar-refractivity contribution in [3.8, 4) is 5.75 Å². The highest BCUT2D eigenvalue weighted by Gasteiger charge is 2.19. The van der Waals surface area contributed by atoms with Gasteiger partial charge in [-0.05, 0) is 25.1 Å². The lowest BCUT2D eigenvalue weighted by atomic mass is 10.2. The van der Waals surface area contributed by atoms with Crippen molar-refractivity contribution < 1.29 is 18.3 Å². The van der Waals surface area contributed by atoms with E-state index < -0.39 is 6.61 Å². The van der Waals surface area contributed by atoms with Crippen molar-refractivity contribution in [3.05, 3.63) is 39.2 Å². The van der Waals surface area contributed by atoms with Crippen molar-refractivity contribution in [1.82, 2.24) is 4.98 Å². The van der Waals surface area contributed by atoms with Gasteiger partial charge < -0.3 is 4.74 Å². The number of rotatable bonds is 4. The Hall–Kier alpha value is -1.77. The number of hydrogen-bond acceptors (Lipinski definition) is 5. The van der Waals surface area contributed by atoms with Gasteiger partial charge in [0.25, 0.3) is 5.91 Å². The summed E-state index contributed by atoms with van der Waals surface area (Å²) in [4.78, 5) is 17.6. The Labute approximate surface area is 142 Å². The molecule has 3 aromatic rings. The molecular weight excluding hydrogens is 366 g/mol. The summed E-state index contributed by atoms with van der Waals surface area (Å²) in [6.45, 7) is -1.02. The van der Waals surface area contributed by atoms with Crippen LogP contribution in [0.2, 0.25) is 5.02 Å². The van der Waals surface area contributed by atoms with E-state index in [4.69, 9.17) is 11.6 Å². The summed E-state index contributed by atoms with van der Waals surface area (Å²) in [6, 6.07) is 4.37. The SMILES string of the molecule is Cc1cnc(NC(=O)c2sc3cc(OC(F)F)ccc3c2Cl)s1. The number of ether oxygens (including phenoxy) is 1. The van der Waals surface area contributed by atoms with E-state index in [-0.39, 0.29) is 16.7 Å². The number of thiazole rings is 1. The molecule has 0 saturated heterocycles. The van der Waals surface area contributed by atoms with E-state index in [0.717, 1.165) is 16.2 Å². The number of nitrogens with zero attached hydrogens (tertiary/aromatic N) is 1. The van der Waals surface area contributed by atoms with E-state index in [9.17, 15) is 13.6 Å². The maximum Gasteiger partial charge on any atom is 0.387 e. The minimum atomic E-state index is -2.90. The van der Waals surface area contributed by atoms with Crippen LogP contribution in [-0.4, -0.2) is 17.5 Å². The van der Waals surface area contributed by atoms with Gasteiger partial charge >= 0.3 is 6.61 Å². The van der Waals surface area contributed by atoms with Crippen LogP contribution < -0.4 is 10.1 Å². The van der Waals surface area contributed by atoms with Crippen LogP contribution >= 0.6 is 34.3 Å². The highest BCUT2D eigenvalue weighted by Crippen LogP contribution is 2.38. The van der Waals surface area contributed by atoms with Crippen LogP contribution in [0.1, 0.15) is 14.5 Å². The average Bonchev–Trinajstić information content (AvgIpc) is 3.02. The second-order valence-electron chi connectivity index (χ2n) is 4.51. The van der Waals surface area contributed by atoms with Gasteiger partial charge in [0, 0.05) is 21.2 Å². The van der Waals surface area contributed by atoms with Gasteiger partial charge in [0.1, 0.15) is 10.6 Å². The Balaban J connectivity index is 1.91. The number of carbonyl (C=O) groups excluding carboxylic acids is 1. The molecule has 0 atom stereocenters. The Morgan fingerprint density at radius 1 is 1.39 bits per heavy atom. The fourth-order valence-electron chi connectivity index (χ4n) is 1.93. The number of aryl methyl sites for hydroxylation is 1. The van der Waals surface area contributed by atoms with Crippen molar-refractivity contribution in [2.45, 2.75) is 13.5 Å². The number of thiophene rings is 1. The highest BCUT2D eigenvalue weighted by molar-refractivity contribution is 7.22. The standard InChI is InChI=1S/C14H9ClF2N2O2S2/c1-6-5-18-14(22-6)19-12(20)11-10(15)8-3-2-7(21-13(16)17)4-9(8)23-11/h2-5,13H,1H3,(H,18,19,20). The summed E-state index contributed by atoms with van der Waals surface area (Å²) in [5, 5.41) is 4.03. The summed E-state index contributed by atoms with van der Waals surface area (Å²) in [5.74, 6) is -0.366. The van der Waals surface area contributed by atoms with Gasteiger partial charge in [-0.2, -0.15) is 8.78 Å². The van der Waals surface area contributed by atoms with Crippen LogP contribution in [0.3, 0.4) is 0 Å². The van der Waals surface area contributed by atoms with E-state index in [1.807, 2.05) is 6.92 Å². The number of carbonyl (C=O) groups is 1. The number of hydrogen-bond donors (Lipinski definition) is 1. The summed E-state index contributed by atoms with van der Waals surface area (Å²) in [7, 11) is 0. The van der Waals surface area contributed by atoms with E-state index in [1.54, 1.807) is 12.3 Å². The molecule has 0 spiro atoms. The summed E-state index contributed by atoms with van der Waals surface area (Å²) in [5.41, 5.74) is 0. The Bertz CT molecular complexity index is 879. The van der Waals surface area contributed by atoms with Crippen molar-refractivity contribution in [1.29, 1.82) is 0 Å². The molecule has 0 saturated carbocycles. The van der Waals surface area contributed by atoms with Gasteiger partial charge in [0.15, 0.2) is 5.13 Å². The fraction of sp³-hybridized carbons (Fsp3) is 0.143. The number of aromatic nitrogens is 1. The first-order valence-corrected chi connectivity index (χ1v) is 8.36. The zero-order valence-corrected chi connectivity index (χ0v) is 14.0. The molecule has 1 amide bonds. The first-order chi connectivity index (χ1) is 10.9. The molecule has 0 aliphatic heterocycles. The van der Waals surface area contributed by atoms with Crippen molar-refractivity contribution >= 4 is 55.4 Å². The molecule has 3 rings (SSSR count). The first kappa shape index (κ1) is 16.1. The maximum atomic E-state index is 12.3. The summed E-state index contributed by atoms with van der Waals surface area (Å²) in [6.07, 6.45) is 1.65. The maximum absolute atomic E-state index is 12.3. The van der Waals surface area contributed by atoms with Gasteiger partial charge in [0.05, 0.1) is 5.02 Å². The third kappa shape index (κ3) is 3.44. The number of halogens is 3. The monoisotopic (exact) mass is 374 g/mol. The normalized spacial score (nSPS) is 11.2. The molecule has 2 aromatic heterocycles. The molecule has 0 unspecified atom stereocenters. The third-order valence-corrected chi connectivity index (χ3v) is 5.36. The lowest BCUT2D eigenvalue weighted by molar-refractivity contribution is -0.0497. The largest absolute Gasteiger partial charge is 0.435 e. The minimum Gasteiger partial charge on any atom is -0.435 e. The van der Waals surface area contributed by atoms with Crippen molar-refractivity contribution in [2.75, 3.05) is 5.32 Å². The molecule has 0 fully saturated rings. The summed E-state index contributed by atoms with van der Waals surface area (Å²) >= 11 is 8.68. The predicted octanol–water partition coefficient (Wildman–Crippen LogP) is 5.17. The smallest absolute Gasteiger partial charge is 0.387 e. The molecule has 0 aliphatic rings. The number of nitrogens with one attached hydrogen (secondary N) is 1. The minimum absolute atomic E-state index is 0.0212. The summed E-state index contributed by atoms with van der Waals surface area (Å²) < 4.78 is 29.5. The molecule has 0 bridgehead atoms. The number of amides is 1. The van der Waals surface area contributed by atoms with Crippen LogP contribution in [0.15, 0.2) is 24.4 Å². The molecule has 0 aliphatic carbocycles. The van der Waals surface area contributed by atoms with E-state index in [2.05, 4.69) is 15.0 Å². The first-order valence-electron chi connectivity index (χ1n) is 6.34. The lowest BCUT2D eigenvalue weighted by Crippen LogP contribution is -2.10. The van der Waals surface area contributed by atoms with Gasteiger partial charge in [-0.3, -0.25) is 10.1 Å². The molecule has 1 N–H and O–H groups in total. The highest BCUT2D eigenvalue weighted by atomic mass is 35.5. The zero-order valence-electron chi connectivity index (χ0n) is 11.6. The van der Waals surface area contributed by atoms with Crippen LogP contribution in [0.5, 0.6) is 5.75 Å². The molecule has 2 heterocycles. The Kier molecular flexibility index (Phi) is 4.47. The number of anilines is 1. The van der Waals surface area contributed by atoms with E-state index in [0.29, 0.717) is 20.1 Å². The lowest BCUT2D eigenvalue weighted by Gasteiger charge is -2.03. The van der Waals surface area contributed by atoms with Crippen LogP contribution in [0.25, 0.3) is 10.1 Å². The molecular formula is C14H9ClF2N2O2S2. The zero-order chi connectivity index (χ0) is 16.6. The van der Waals surface area contributed by atoms with Crippen molar-refractivity contribution in [3.63, 3.8) is 0 Å². The Morgan fingerprint density at radius 2 is 2.17 bits per heavy atom. The molecule has 1 aromatic carbocycles. The Morgan fingerprint density at radius 3 is 2.83 bits per heavy atom. The van der Waals surface area contributed by atoms with Crippen LogP contribution in [-0.2, 0) is 0 Å². The van der Waals surface area contributed by atoms with Gasteiger partial charge in [-0.1, -0.05) is 11.6 Å². The van der Waals surface area contributed by atoms with E-state index in [1.165, 1.54) is 23.5 Å². The molecule has 23 heavy (non-hydrogen) atoms. The third-order valence-electron chi connectivity index (χ3n) is 2.87. The van der Waals surface area contributed by atoms with Gasteiger partial charge in [-0.15, -0.1) is 22.7 Å². The second kappa shape index (κ2) is 6.38. The fourth-order valence-corrected chi connectivity index (χ4v) is 4.03. The average molecular weight is 375 g/mol. The van der Waals surface area contributed by atoms with Crippen molar-refractivity contribution in [2.24, 2.45) is 0 Å². The molecule has 120 valence electrons. The number of benzene rings is 1. The van der Waals surface area contributed by atoms with Crippen LogP contribution in [0, 0.1) is 6.92 Å². The molecule has 9 heteroatoms. The molecule has 4 nitrogen and oxygen atoms in total. The van der Waals surface area contributed by atoms with Gasteiger partial charge in [-0.25, -0.2) is 4.98 Å². The van der Waals surface area contributed by atoms with E-state index >= 15 is 0 Å². The van der Waals surface area contributed by atoms with Crippen LogP contribution in [0.4, 0.5) is 13.9 Å². The van der Waals surface area contributed by atoms with Gasteiger partial charge in [0.2, 0.25) is 0 Å².